The smallest absolute Gasteiger partial charge is 0.462 e. The number of ether oxygens (including phenoxy) is 2. The summed E-state index contributed by atoms with van der Waals surface area (Å²) < 4.78 is 32.8. The van der Waals surface area contributed by atoms with Gasteiger partial charge in [-0.3, -0.25) is 18.6 Å². The number of rotatable bonds is 43. The quantitative estimate of drug-likeness (QED) is 0.0268. The van der Waals surface area contributed by atoms with E-state index in [4.69, 9.17) is 24.3 Å². The van der Waals surface area contributed by atoms with Gasteiger partial charge in [-0.25, -0.2) is 4.57 Å². The van der Waals surface area contributed by atoms with Crippen LogP contribution < -0.4 is 5.73 Å². The van der Waals surface area contributed by atoms with Crippen LogP contribution in [0.3, 0.4) is 0 Å². The Morgan fingerprint density at radius 3 is 1.31 bits per heavy atom. The van der Waals surface area contributed by atoms with Crippen molar-refractivity contribution in [1.29, 1.82) is 0 Å². The van der Waals surface area contributed by atoms with Crippen LogP contribution in [0.4, 0.5) is 0 Å². The number of esters is 2. The average molecular weight is 788 g/mol. The van der Waals surface area contributed by atoms with E-state index in [9.17, 15) is 19.0 Å². The summed E-state index contributed by atoms with van der Waals surface area (Å²) in [6, 6.07) is 0. The number of unbranched alkanes of at least 4 members (excludes halogenated alkanes) is 28. The highest BCUT2D eigenvalue weighted by Gasteiger charge is 2.26. The summed E-state index contributed by atoms with van der Waals surface area (Å²) in [6.45, 7) is 3.75. The van der Waals surface area contributed by atoms with Gasteiger partial charge in [-0.2, -0.15) is 0 Å². The molecule has 0 heterocycles. The Kier molecular flexibility index (Phi) is 40.4. The van der Waals surface area contributed by atoms with Crippen molar-refractivity contribution in [2.75, 3.05) is 26.4 Å². The largest absolute Gasteiger partial charge is 0.472 e. The van der Waals surface area contributed by atoms with Gasteiger partial charge in [-0.05, 0) is 38.5 Å². The maximum atomic E-state index is 12.6. The molecule has 0 saturated carbocycles. The van der Waals surface area contributed by atoms with E-state index in [-0.39, 0.29) is 38.6 Å². The third kappa shape index (κ3) is 40.4. The van der Waals surface area contributed by atoms with Crippen LogP contribution in [0.5, 0.6) is 0 Å². The molecule has 1 unspecified atom stereocenters. The molecule has 2 atom stereocenters. The maximum absolute atomic E-state index is 12.6. The van der Waals surface area contributed by atoms with Crippen LogP contribution in [-0.2, 0) is 32.7 Å². The number of allylic oxidation sites excluding steroid dienone is 2. The van der Waals surface area contributed by atoms with E-state index in [1.165, 1.54) is 141 Å². The topological polar surface area (TPSA) is 134 Å². The zero-order valence-corrected chi connectivity index (χ0v) is 36.1. The van der Waals surface area contributed by atoms with Crippen LogP contribution in [-0.4, -0.2) is 49.3 Å². The molecule has 0 radical (unpaired) electrons. The zero-order chi connectivity index (χ0) is 39.6. The monoisotopic (exact) mass is 788 g/mol. The van der Waals surface area contributed by atoms with Gasteiger partial charge in [0, 0.05) is 19.4 Å². The molecule has 0 aromatic carbocycles. The first-order valence-electron chi connectivity index (χ1n) is 22.7. The molecule has 3 N–H and O–H groups in total. The Morgan fingerprint density at radius 2 is 0.907 bits per heavy atom. The number of carbonyl (C=O) groups is 2. The van der Waals surface area contributed by atoms with Crippen LogP contribution in [0.2, 0.25) is 0 Å². The predicted octanol–water partition coefficient (Wildman–Crippen LogP) is 13.0. The third-order valence-electron chi connectivity index (χ3n) is 9.90. The van der Waals surface area contributed by atoms with E-state index < -0.39 is 26.5 Å². The van der Waals surface area contributed by atoms with Crippen molar-refractivity contribution in [3.05, 3.63) is 12.2 Å². The molecular formula is C44H86NO8P. The number of hydrogen-bond donors (Lipinski definition) is 2. The van der Waals surface area contributed by atoms with Crippen LogP contribution in [0.25, 0.3) is 0 Å². The lowest BCUT2D eigenvalue weighted by molar-refractivity contribution is -0.161. The molecule has 0 bridgehead atoms. The van der Waals surface area contributed by atoms with Crippen LogP contribution >= 0.6 is 7.82 Å². The van der Waals surface area contributed by atoms with Crippen molar-refractivity contribution >= 4 is 19.8 Å². The summed E-state index contributed by atoms with van der Waals surface area (Å²) in [4.78, 5) is 34.9. The Morgan fingerprint density at radius 1 is 0.537 bits per heavy atom. The second-order valence-electron chi connectivity index (χ2n) is 15.3. The maximum Gasteiger partial charge on any atom is 0.472 e. The molecule has 0 rings (SSSR count). The lowest BCUT2D eigenvalue weighted by Gasteiger charge is -2.19. The Balaban J connectivity index is 4.08. The fourth-order valence-electron chi connectivity index (χ4n) is 6.51. The van der Waals surface area contributed by atoms with Gasteiger partial charge < -0.3 is 20.1 Å². The number of carbonyl (C=O) groups excluding carboxylic acids is 2. The van der Waals surface area contributed by atoms with Gasteiger partial charge in [0.15, 0.2) is 6.10 Å². The molecule has 0 amide bonds. The van der Waals surface area contributed by atoms with Crippen molar-refractivity contribution in [1.82, 2.24) is 0 Å². The van der Waals surface area contributed by atoms with Crippen molar-refractivity contribution in [2.24, 2.45) is 5.73 Å². The van der Waals surface area contributed by atoms with Gasteiger partial charge >= 0.3 is 19.8 Å². The van der Waals surface area contributed by atoms with Gasteiger partial charge in [-0.15, -0.1) is 0 Å². The van der Waals surface area contributed by atoms with Gasteiger partial charge in [0.05, 0.1) is 13.2 Å². The molecule has 10 heteroatoms. The zero-order valence-electron chi connectivity index (χ0n) is 35.2. The number of phosphoric acid groups is 1. The van der Waals surface area contributed by atoms with E-state index in [2.05, 4.69) is 26.0 Å². The van der Waals surface area contributed by atoms with Crippen molar-refractivity contribution in [3.8, 4) is 0 Å². The minimum atomic E-state index is -4.37. The average Bonchev–Trinajstić information content (AvgIpc) is 3.16. The molecule has 9 nitrogen and oxygen atoms in total. The SMILES string of the molecule is CCCCCCC/C=C/CCCCCCCC(=O)OC[C@H](COP(=O)(O)OCCN)OC(=O)CCCCCCCCCCCCCCCCCCCCC. The summed E-state index contributed by atoms with van der Waals surface area (Å²) in [5.41, 5.74) is 5.35. The minimum absolute atomic E-state index is 0.0552. The van der Waals surface area contributed by atoms with Crippen LogP contribution in [0, 0.1) is 0 Å². The molecule has 0 aromatic rings. The highest BCUT2D eigenvalue weighted by Crippen LogP contribution is 2.43. The first-order valence-corrected chi connectivity index (χ1v) is 24.2. The Labute approximate surface area is 332 Å². The number of hydrogen-bond acceptors (Lipinski definition) is 8. The Bertz CT molecular complexity index is 902. The number of nitrogens with two attached hydrogens (primary N) is 1. The molecule has 0 spiro atoms. The van der Waals surface area contributed by atoms with Gasteiger partial charge in [-0.1, -0.05) is 187 Å². The van der Waals surface area contributed by atoms with Gasteiger partial charge in [0.1, 0.15) is 6.61 Å². The van der Waals surface area contributed by atoms with Crippen LogP contribution in [0.1, 0.15) is 226 Å². The molecule has 0 aliphatic heterocycles. The molecular weight excluding hydrogens is 701 g/mol. The van der Waals surface area contributed by atoms with Crippen molar-refractivity contribution in [3.63, 3.8) is 0 Å². The third-order valence-corrected chi connectivity index (χ3v) is 10.9. The summed E-state index contributed by atoms with van der Waals surface area (Å²) in [5, 5.41) is 0. The molecule has 0 aliphatic carbocycles. The fourth-order valence-corrected chi connectivity index (χ4v) is 7.28. The first-order chi connectivity index (χ1) is 26.3. The van der Waals surface area contributed by atoms with Crippen molar-refractivity contribution < 1.29 is 37.6 Å². The second kappa shape index (κ2) is 41.4. The lowest BCUT2D eigenvalue weighted by Crippen LogP contribution is -2.29. The molecule has 0 aromatic heterocycles. The van der Waals surface area contributed by atoms with Gasteiger partial charge in [0.2, 0.25) is 0 Å². The minimum Gasteiger partial charge on any atom is -0.462 e. The van der Waals surface area contributed by atoms with Crippen molar-refractivity contribution in [2.45, 2.75) is 232 Å². The molecule has 54 heavy (non-hydrogen) atoms. The van der Waals surface area contributed by atoms with E-state index in [1.54, 1.807) is 0 Å². The normalized spacial score (nSPS) is 13.3. The highest BCUT2D eigenvalue weighted by atomic mass is 31.2. The first kappa shape index (κ1) is 52.8. The predicted molar refractivity (Wildman–Crippen MR) is 224 cm³/mol. The van der Waals surface area contributed by atoms with E-state index >= 15 is 0 Å². The van der Waals surface area contributed by atoms with E-state index in [0.29, 0.717) is 6.42 Å². The summed E-state index contributed by atoms with van der Waals surface area (Å²) in [5.74, 6) is -0.827. The molecule has 320 valence electrons. The van der Waals surface area contributed by atoms with Gasteiger partial charge in [0.25, 0.3) is 0 Å². The lowest BCUT2D eigenvalue weighted by atomic mass is 10.0. The molecule has 0 fully saturated rings. The van der Waals surface area contributed by atoms with Crippen LogP contribution in [0.15, 0.2) is 12.2 Å². The summed E-state index contributed by atoms with van der Waals surface area (Å²) in [7, 11) is -4.37. The summed E-state index contributed by atoms with van der Waals surface area (Å²) in [6.07, 6.45) is 42.4. The number of phosphoric ester groups is 1. The highest BCUT2D eigenvalue weighted by molar-refractivity contribution is 7.47. The van der Waals surface area contributed by atoms with E-state index in [1.807, 2.05) is 0 Å². The fraction of sp³-hybridized carbons (Fsp3) is 0.909. The molecule has 0 saturated heterocycles. The molecule has 0 aliphatic rings. The second-order valence-corrected chi connectivity index (χ2v) is 16.7. The Hall–Kier alpha value is -1.25. The van der Waals surface area contributed by atoms with E-state index in [0.717, 1.165) is 51.4 Å². The standard InChI is InChI=1S/C44H86NO8P/c1-3-5-7-9-11-13-15-17-19-20-21-22-23-25-27-29-31-33-35-37-44(47)53-42(41-52-54(48,49)51-39-38-45)40-50-43(46)36-34-32-30-28-26-24-18-16-14-12-10-8-6-4-2/h16,18,42H,3-15,17,19-41,45H2,1-2H3,(H,48,49)/b18-16+/t42-/m1/s1. The summed E-state index contributed by atoms with van der Waals surface area (Å²) >= 11 is 0.